The zero-order valence-corrected chi connectivity index (χ0v) is 14.8. The predicted molar refractivity (Wildman–Crippen MR) is 97.8 cm³/mol. The van der Waals surface area contributed by atoms with E-state index in [2.05, 4.69) is 10.3 Å². The average molecular weight is 348 g/mol. The molecule has 0 saturated heterocycles. The maximum Gasteiger partial charge on any atom is 0.193 e. The third-order valence-electron chi connectivity index (χ3n) is 3.63. The van der Waals surface area contributed by atoms with Gasteiger partial charge in [-0.15, -0.1) is 0 Å². The highest BCUT2D eigenvalue weighted by molar-refractivity contribution is 6.30. The summed E-state index contributed by atoms with van der Waals surface area (Å²) in [5, 5.41) is 13.9. The number of ether oxygens (including phenoxy) is 1. The molecule has 0 aliphatic carbocycles. The number of nitrogens with one attached hydrogen (secondary N) is 1. The van der Waals surface area contributed by atoms with Gasteiger partial charge >= 0.3 is 0 Å². The summed E-state index contributed by atoms with van der Waals surface area (Å²) in [5.74, 6) is 1.65. The molecule has 0 bridgehead atoms. The number of phenols is 1. The Kier molecular flexibility index (Phi) is 6.32. The predicted octanol–water partition coefficient (Wildman–Crippen LogP) is 3.26. The first-order chi connectivity index (χ1) is 11.5. The van der Waals surface area contributed by atoms with Gasteiger partial charge in [-0.2, -0.15) is 0 Å². The lowest BCUT2D eigenvalue weighted by Crippen LogP contribution is -2.38. The molecule has 2 N–H and O–H groups in total. The van der Waals surface area contributed by atoms with Crippen LogP contribution >= 0.6 is 11.6 Å². The van der Waals surface area contributed by atoms with Gasteiger partial charge in [-0.3, -0.25) is 4.99 Å². The summed E-state index contributed by atoms with van der Waals surface area (Å²) in [7, 11) is 5.28. The van der Waals surface area contributed by atoms with Crippen LogP contribution in [0.25, 0.3) is 0 Å². The first kappa shape index (κ1) is 17.9. The van der Waals surface area contributed by atoms with Gasteiger partial charge in [0.1, 0.15) is 11.5 Å². The molecule has 0 radical (unpaired) electrons. The number of methoxy groups -OCH3 is 1. The molecule has 0 fully saturated rings. The number of halogens is 1. The molecule has 0 unspecified atom stereocenters. The number of guanidine groups is 1. The summed E-state index contributed by atoms with van der Waals surface area (Å²) in [6.45, 7) is 1.14. The highest BCUT2D eigenvalue weighted by Crippen LogP contribution is 2.22. The van der Waals surface area contributed by atoms with Crippen LogP contribution in [0.2, 0.25) is 5.02 Å². The van der Waals surface area contributed by atoms with E-state index in [4.69, 9.17) is 16.3 Å². The lowest BCUT2D eigenvalue weighted by molar-refractivity contribution is 0.410. The normalized spacial score (nSPS) is 11.2. The van der Waals surface area contributed by atoms with E-state index < -0.39 is 0 Å². The molecule has 0 aromatic heterocycles. The quantitative estimate of drug-likeness (QED) is 0.644. The summed E-state index contributed by atoms with van der Waals surface area (Å²) in [6, 6.07) is 12.9. The van der Waals surface area contributed by atoms with Crippen molar-refractivity contribution in [2.45, 2.75) is 13.1 Å². The molecule has 2 aromatic rings. The number of hydrogen-bond donors (Lipinski definition) is 2. The molecule has 0 amide bonds. The third-order valence-corrected chi connectivity index (χ3v) is 3.88. The number of nitrogens with zero attached hydrogens (tertiary/aromatic N) is 2. The monoisotopic (exact) mass is 347 g/mol. The van der Waals surface area contributed by atoms with Gasteiger partial charge < -0.3 is 20.1 Å². The molecule has 5 nitrogen and oxygen atoms in total. The molecule has 2 rings (SSSR count). The summed E-state index contributed by atoms with van der Waals surface area (Å²) < 4.78 is 5.19. The standard InChI is InChI=1S/C18H22ClN3O2/c1-20-18(22(2)12-13-4-6-15(19)7-5-13)21-11-14-10-16(24-3)8-9-17(14)23/h4-10,23H,11-12H2,1-3H3,(H,20,21). The third kappa shape index (κ3) is 4.80. The van der Waals surface area contributed by atoms with Crippen LogP contribution < -0.4 is 10.1 Å². The van der Waals surface area contributed by atoms with Crippen LogP contribution in [-0.4, -0.2) is 37.2 Å². The Bertz CT molecular complexity index is 702. The van der Waals surface area contributed by atoms with E-state index in [1.165, 1.54) is 0 Å². The number of rotatable bonds is 5. The first-order valence-electron chi connectivity index (χ1n) is 7.55. The molecular weight excluding hydrogens is 326 g/mol. The van der Waals surface area contributed by atoms with Gasteiger partial charge in [0, 0.05) is 37.8 Å². The number of hydrogen-bond acceptors (Lipinski definition) is 3. The minimum atomic E-state index is 0.221. The molecule has 24 heavy (non-hydrogen) atoms. The molecule has 128 valence electrons. The lowest BCUT2D eigenvalue weighted by atomic mass is 10.2. The van der Waals surface area contributed by atoms with Gasteiger partial charge in [-0.25, -0.2) is 0 Å². The number of aromatic hydroxyl groups is 1. The number of benzene rings is 2. The van der Waals surface area contributed by atoms with Crippen molar-refractivity contribution in [3.8, 4) is 11.5 Å². The number of phenolic OH excluding ortho intramolecular Hbond substituents is 1. The Morgan fingerprint density at radius 3 is 2.58 bits per heavy atom. The molecule has 0 spiro atoms. The van der Waals surface area contributed by atoms with E-state index in [0.29, 0.717) is 18.8 Å². The Hall–Kier alpha value is -2.40. The summed E-state index contributed by atoms with van der Waals surface area (Å²) in [4.78, 5) is 6.28. The fourth-order valence-electron chi connectivity index (χ4n) is 2.33. The van der Waals surface area contributed by atoms with Crippen molar-refractivity contribution in [2.24, 2.45) is 4.99 Å². The van der Waals surface area contributed by atoms with E-state index >= 15 is 0 Å². The Balaban J connectivity index is 2.00. The van der Waals surface area contributed by atoms with Gasteiger partial charge in [0.2, 0.25) is 0 Å². The van der Waals surface area contributed by atoms with E-state index in [0.717, 1.165) is 22.1 Å². The Labute approximate surface area is 147 Å². The van der Waals surface area contributed by atoms with E-state index in [1.807, 2.05) is 36.2 Å². The van der Waals surface area contributed by atoms with Gasteiger partial charge in [-0.1, -0.05) is 23.7 Å². The fourth-order valence-corrected chi connectivity index (χ4v) is 2.45. The summed E-state index contributed by atoms with van der Waals surface area (Å²) in [6.07, 6.45) is 0. The molecule has 2 aromatic carbocycles. The van der Waals surface area contributed by atoms with Crippen LogP contribution in [0.15, 0.2) is 47.5 Å². The molecule has 0 heterocycles. The minimum Gasteiger partial charge on any atom is -0.508 e. The summed E-state index contributed by atoms with van der Waals surface area (Å²) in [5.41, 5.74) is 1.88. The van der Waals surface area contributed by atoms with Crippen LogP contribution in [0.3, 0.4) is 0 Å². The van der Waals surface area contributed by atoms with Crippen molar-refractivity contribution in [3.05, 3.63) is 58.6 Å². The highest BCUT2D eigenvalue weighted by atomic mass is 35.5. The van der Waals surface area contributed by atoms with E-state index in [9.17, 15) is 5.11 Å². The van der Waals surface area contributed by atoms with Crippen LogP contribution in [0.1, 0.15) is 11.1 Å². The minimum absolute atomic E-state index is 0.221. The SMILES string of the molecule is CN=C(NCc1cc(OC)ccc1O)N(C)Cc1ccc(Cl)cc1. The smallest absolute Gasteiger partial charge is 0.193 e. The van der Waals surface area contributed by atoms with Crippen molar-refractivity contribution in [1.82, 2.24) is 10.2 Å². The zero-order chi connectivity index (χ0) is 17.5. The topological polar surface area (TPSA) is 57.1 Å². The highest BCUT2D eigenvalue weighted by Gasteiger charge is 2.09. The van der Waals surface area contributed by atoms with Crippen LogP contribution in [0.5, 0.6) is 11.5 Å². The van der Waals surface area contributed by atoms with Gasteiger partial charge in [0.15, 0.2) is 5.96 Å². The average Bonchev–Trinajstić information content (AvgIpc) is 2.59. The lowest BCUT2D eigenvalue weighted by Gasteiger charge is -2.22. The second-order valence-corrected chi connectivity index (χ2v) is 5.81. The molecule has 6 heteroatoms. The number of aliphatic imine (C=N–C) groups is 1. The largest absolute Gasteiger partial charge is 0.508 e. The van der Waals surface area contributed by atoms with Crippen LogP contribution in [0, 0.1) is 0 Å². The van der Waals surface area contributed by atoms with Crippen molar-refractivity contribution in [1.29, 1.82) is 0 Å². The first-order valence-corrected chi connectivity index (χ1v) is 7.93. The maximum absolute atomic E-state index is 9.95. The zero-order valence-electron chi connectivity index (χ0n) is 14.1. The second-order valence-electron chi connectivity index (χ2n) is 5.38. The fraction of sp³-hybridized carbons (Fsp3) is 0.278. The molecule has 0 aliphatic rings. The van der Waals surface area contributed by atoms with Gasteiger partial charge in [-0.05, 0) is 35.9 Å². The van der Waals surface area contributed by atoms with Crippen molar-refractivity contribution < 1.29 is 9.84 Å². The van der Waals surface area contributed by atoms with Crippen molar-refractivity contribution >= 4 is 17.6 Å². The van der Waals surface area contributed by atoms with Crippen molar-refractivity contribution in [3.63, 3.8) is 0 Å². The van der Waals surface area contributed by atoms with Crippen molar-refractivity contribution in [2.75, 3.05) is 21.2 Å². The Morgan fingerprint density at radius 2 is 1.96 bits per heavy atom. The van der Waals surface area contributed by atoms with Crippen LogP contribution in [-0.2, 0) is 13.1 Å². The molecule has 0 atom stereocenters. The maximum atomic E-state index is 9.95. The Morgan fingerprint density at radius 1 is 1.25 bits per heavy atom. The van der Waals surface area contributed by atoms with E-state index in [1.54, 1.807) is 32.4 Å². The molecule has 0 aliphatic heterocycles. The van der Waals surface area contributed by atoms with Crippen LogP contribution in [0.4, 0.5) is 0 Å². The van der Waals surface area contributed by atoms with Gasteiger partial charge in [0.05, 0.1) is 7.11 Å². The second kappa shape index (κ2) is 8.45. The van der Waals surface area contributed by atoms with E-state index in [-0.39, 0.29) is 5.75 Å². The molecule has 0 saturated carbocycles. The molecular formula is C18H22ClN3O2. The summed E-state index contributed by atoms with van der Waals surface area (Å²) >= 11 is 5.91. The van der Waals surface area contributed by atoms with Gasteiger partial charge in [0.25, 0.3) is 0 Å².